The van der Waals surface area contributed by atoms with E-state index in [2.05, 4.69) is 25.1 Å². The van der Waals surface area contributed by atoms with E-state index in [-0.39, 0.29) is 49.5 Å². The second-order valence-corrected chi connectivity index (χ2v) is 15.4. The number of aliphatic hydroxyl groups excluding tert-OH is 1. The van der Waals surface area contributed by atoms with Crippen molar-refractivity contribution in [3.05, 3.63) is 6.33 Å². The van der Waals surface area contributed by atoms with E-state index in [9.17, 15) is 24.4 Å². The summed E-state index contributed by atoms with van der Waals surface area (Å²) in [5.74, 6) is -0.831. The molecular weight excluding hydrogens is 675 g/mol. The molecule has 2 aliphatic heterocycles. The number of rotatable bonds is 17. The molecule has 6 N–H and O–H groups in total. The van der Waals surface area contributed by atoms with Crippen molar-refractivity contribution in [3.8, 4) is 0 Å². The van der Waals surface area contributed by atoms with Gasteiger partial charge < -0.3 is 44.3 Å². The van der Waals surface area contributed by atoms with Gasteiger partial charge in [-0.25, -0.2) is 15.2 Å². The van der Waals surface area contributed by atoms with Crippen molar-refractivity contribution in [2.75, 3.05) is 56.8 Å². The zero-order valence-electron chi connectivity index (χ0n) is 29.9. The van der Waals surface area contributed by atoms with Gasteiger partial charge in [0.2, 0.25) is 5.95 Å². The van der Waals surface area contributed by atoms with Crippen LogP contribution in [0.15, 0.2) is 6.33 Å². The third kappa shape index (κ3) is 9.47. The molecule has 0 saturated carbocycles. The van der Waals surface area contributed by atoms with Gasteiger partial charge in [-0.3, -0.25) is 18.7 Å². The molecule has 2 aromatic rings. The first kappa shape index (κ1) is 39.8. The molecule has 6 atom stereocenters. The molecule has 2 fully saturated rings. The lowest BCUT2D eigenvalue weighted by Gasteiger charge is -2.30. The summed E-state index contributed by atoms with van der Waals surface area (Å²) in [6.07, 6.45) is -2.12. The average Bonchev–Trinajstić information content (AvgIpc) is 3.56. The molecule has 19 heteroatoms. The number of anilines is 2. The number of aromatic nitrogens is 4. The number of hydrogen-bond donors (Lipinski definition) is 5. The maximum atomic E-state index is 14.6. The Bertz CT molecular complexity index is 1460. The topological polar surface area (TPSA) is 235 Å². The van der Waals surface area contributed by atoms with Crippen LogP contribution in [0.1, 0.15) is 67.5 Å². The van der Waals surface area contributed by atoms with Gasteiger partial charge in [0, 0.05) is 13.1 Å². The minimum absolute atomic E-state index is 0.00988. The Hall–Kier alpha value is -2.96. The molecule has 2 saturated heterocycles. The number of imidazole rings is 1. The zero-order valence-corrected chi connectivity index (χ0v) is 30.8. The molecule has 0 unspecified atom stereocenters. The Labute approximate surface area is 292 Å². The summed E-state index contributed by atoms with van der Waals surface area (Å²) >= 11 is 0. The van der Waals surface area contributed by atoms with Gasteiger partial charge >= 0.3 is 19.6 Å². The summed E-state index contributed by atoms with van der Waals surface area (Å²) in [5, 5.41) is 28.5. The second kappa shape index (κ2) is 17.0. The van der Waals surface area contributed by atoms with E-state index in [0.29, 0.717) is 37.6 Å². The summed E-state index contributed by atoms with van der Waals surface area (Å²) in [7, 11) is -4.31. The van der Waals surface area contributed by atoms with Gasteiger partial charge in [-0.2, -0.15) is 9.97 Å². The predicted octanol–water partition coefficient (Wildman–Crippen LogP) is 1.51. The Kier molecular flexibility index (Phi) is 13.6. The number of nitrogens with zero attached hydrogens (tertiary/aromatic N) is 5. The number of carbonyl (C=O) groups excluding carboxylic acids is 2. The van der Waals surface area contributed by atoms with Crippen molar-refractivity contribution in [1.29, 1.82) is 0 Å². The van der Waals surface area contributed by atoms with Gasteiger partial charge in [0.15, 0.2) is 23.2 Å². The van der Waals surface area contributed by atoms with Gasteiger partial charge in [-0.1, -0.05) is 27.7 Å². The van der Waals surface area contributed by atoms with Crippen LogP contribution in [-0.2, 0) is 37.6 Å². The summed E-state index contributed by atoms with van der Waals surface area (Å²) in [6.45, 7) is 14.1. The molecule has 4 heterocycles. The number of aliphatic hydroxyl groups is 2. The van der Waals surface area contributed by atoms with Crippen LogP contribution >= 0.6 is 7.67 Å². The maximum Gasteiger partial charge on any atom is 0.342 e. The number of ether oxygens (including phenoxy) is 4. The van der Waals surface area contributed by atoms with E-state index in [1.807, 2.05) is 32.6 Å². The first-order chi connectivity index (χ1) is 23.6. The lowest BCUT2D eigenvalue weighted by molar-refractivity contribution is -0.146. The highest BCUT2D eigenvalue weighted by Crippen LogP contribution is 2.45. The molecule has 0 aromatic carbocycles. The normalized spacial score (nSPS) is 24.2. The largest absolute Gasteiger partial charge is 0.465 e. The molecule has 0 radical (unpaired) electrons. The molecule has 2 aliphatic rings. The van der Waals surface area contributed by atoms with E-state index in [4.69, 9.17) is 29.2 Å². The highest BCUT2D eigenvalue weighted by atomic mass is 31.2. The molecule has 0 amide bonds. The van der Waals surface area contributed by atoms with Crippen LogP contribution < -0.4 is 20.8 Å². The number of fused-ring (bicyclic) bond motifs is 1. The van der Waals surface area contributed by atoms with E-state index >= 15 is 0 Å². The predicted molar refractivity (Wildman–Crippen MR) is 183 cm³/mol. The highest BCUT2D eigenvalue weighted by Gasteiger charge is 2.54. The number of morpholine rings is 1. The van der Waals surface area contributed by atoms with Gasteiger partial charge in [-0.05, 0) is 45.4 Å². The van der Waals surface area contributed by atoms with Gasteiger partial charge in [0.25, 0.3) is 0 Å². The molecular formula is C31H53N8O10P. The van der Waals surface area contributed by atoms with E-state index < -0.39 is 62.3 Å². The number of nitrogens with two attached hydrogens (primary N) is 1. The van der Waals surface area contributed by atoms with Crippen molar-refractivity contribution in [2.45, 2.75) is 97.4 Å². The smallest absolute Gasteiger partial charge is 0.342 e. The SMILES string of the molecule is CCOC(=O)[C@H](CC(C)C)NP(=O)(N[C@@H](CC(C)C)C(=O)OCC)OC[C@H]1O[C@@H](n2cnc3c(N4CCOCC4)nc(N)nc32)[C@](C)(O)[C@@H]1O. The van der Waals surface area contributed by atoms with Crippen molar-refractivity contribution >= 4 is 42.5 Å². The molecule has 2 aromatic heterocycles. The summed E-state index contributed by atoms with van der Waals surface area (Å²) in [5.41, 5.74) is 4.86. The van der Waals surface area contributed by atoms with Crippen molar-refractivity contribution in [3.63, 3.8) is 0 Å². The van der Waals surface area contributed by atoms with Crippen LogP contribution in [-0.4, -0.2) is 118 Å². The van der Waals surface area contributed by atoms with Crippen molar-refractivity contribution in [1.82, 2.24) is 29.7 Å². The molecule has 282 valence electrons. The van der Waals surface area contributed by atoms with Crippen LogP contribution in [0.25, 0.3) is 11.2 Å². The molecule has 0 spiro atoms. The first-order valence-electron chi connectivity index (χ1n) is 17.1. The quantitative estimate of drug-likeness (QED) is 0.115. The van der Waals surface area contributed by atoms with Gasteiger partial charge in [0.1, 0.15) is 29.9 Å². The Morgan fingerprint density at radius 3 is 2.14 bits per heavy atom. The lowest BCUT2D eigenvalue weighted by atomic mass is 9.96. The number of hydrogen-bond acceptors (Lipinski definition) is 15. The first-order valence-corrected chi connectivity index (χ1v) is 18.7. The number of esters is 2. The molecule has 4 rings (SSSR count). The van der Waals surface area contributed by atoms with E-state index in [0.717, 1.165) is 0 Å². The minimum atomic E-state index is -4.31. The lowest BCUT2D eigenvalue weighted by Crippen LogP contribution is -2.47. The van der Waals surface area contributed by atoms with Crippen LogP contribution in [0.2, 0.25) is 0 Å². The molecule has 0 bridgehead atoms. The van der Waals surface area contributed by atoms with Crippen molar-refractivity contribution < 1.29 is 47.8 Å². The Balaban J connectivity index is 1.63. The Morgan fingerprint density at radius 2 is 1.62 bits per heavy atom. The zero-order chi connectivity index (χ0) is 36.8. The van der Waals surface area contributed by atoms with E-state index in [1.165, 1.54) is 17.8 Å². The summed E-state index contributed by atoms with van der Waals surface area (Å²) in [4.78, 5) is 41.2. The second-order valence-electron chi connectivity index (χ2n) is 13.5. The fraction of sp³-hybridized carbons (Fsp3) is 0.774. The highest BCUT2D eigenvalue weighted by molar-refractivity contribution is 7.54. The summed E-state index contributed by atoms with van der Waals surface area (Å²) in [6, 6.07) is -2.13. The number of nitrogen functional groups attached to an aromatic ring is 1. The fourth-order valence-electron chi connectivity index (χ4n) is 6.00. The monoisotopic (exact) mass is 728 g/mol. The number of nitrogens with one attached hydrogen (secondary N) is 2. The number of carbonyl (C=O) groups is 2. The third-order valence-corrected chi connectivity index (χ3v) is 10.2. The Morgan fingerprint density at radius 1 is 1.06 bits per heavy atom. The fourth-order valence-corrected chi connectivity index (χ4v) is 7.82. The van der Waals surface area contributed by atoms with Gasteiger partial charge in [-0.15, -0.1) is 0 Å². The van der Waals surface area contributed by atoms with Crippen LogP contribution in [0.5, 0.6) is 0 Å². The third-order valence-electron chi connectivity index (χ3n) is 8.37. The van der Waals surface area contributed by atoms with Crippen LogP contribution in [0.3, 0.4) is 0 Å². The van der Waals surface area contributed by atoms with Gasteiger partial charge in [0.05, 0.1) is 39.4 Å². The standard InChI is InChI=1S/C31H53N8O10P/c1-8-46-27(41)20(14-18(3)4)36-50(44,37-21(15-19(5)6)28(42)47-9-2)48-16-22-24(40)31(7,43)29(49-22)39-17-33-23-25(34-30(32)35-26(23)39)38-10-12-45-13-11-38/h17-22,24,29,40,43H,8-16H2,1-7H3,(H2,32,34,35)(H2,36,37,44)/t20-,21-,22+,24+,29+,31+/m0/s1. The van der Waals surface area contributed by atoms with E-state index in [1.54, 1.807) is 13.8 Å². The molecule has 0 aliphatic carbocycles. The molecule has 18 nitrogen and oxygen atoms in total. The maximum absolute atomic E-state index is 14.6. The molecule has 50 heavy (non-hydrogen) atoms. The minimum Gasteiger partial charge on any atom is -0.465 e. The van der Waals surface area contributed by atoms with Crippen LogP contribution in [0.4, 0.5) is 11.8 Å². The van der Waals surface area contributed by atoms with Crippen molar-refractivity contribution in [2.24, 2.45) is 11.8 Å². The van der Waals surface area contributed by atoms with Crippen LogP contribution in [0, 0.1) is 11.8 Å². The average molecular weight is 729 g/mol. The summed E-state index contributed by atoms with van der Waals surface area (Å²) < 4.78 is 44.2.